The first-order valence-corrected chi connectivity index (χ1v) is 11.8. The van der Waals surface area contributed by atoms with E-state index in [1.165, 1.54) is 0 Å². The maximum absolute atomic E-state index is 8.28. The largest absolute Gasteiger partial charge is 0 e. The topological polar surface area (TPSA) is 48.8 Å². The van der Waals surface area contributed by atoms with Gasteiger partial charge in [-0.1, -0.05) is 0 Å². The molecule has 0 heterocycles. The van der Waals surface area contributed by atoms with Gasteiger partial charge in [-0.3, -0.25) is 0 Å². The van der Waals surface area contributed by atoms with Crippen molar-refractivity contribution in [3.05, 3.63) is 10.4 Å². The summed E-state index contributed by atoms with van der Waals surface area (Å²) in [5.41, 5.74) is 8.28. The number of rotatable bonds is 1. The summed E-state index contributed by atoms with van der Waals surface area (Å²) in [6.45, 7) is 6.45. The minimum Gasteiger partial charge on any atom is 0 e. The van der Waals surface area contributed by atoms with Crippen molar-refractivity contribution >= 4 is 42.6 Å². The summed E-state index contributed by atoms with van der Waals surface area (Å²) in [7, 11) is 0. The van der Waals surface area contributed by atoms with Crippen molar-refractivity contribution < 1.29 is 0 Å². The molecule has 0 aromatic rings. The minimum atomic E-state index is -2.41. The molecule has 0 aliphatic heterocycles. The number of hydrogen-bond donors (Lipinski definition) is 0. The summed E-state index contributed by atoms with van der Waals surface area (Å²) in [4.78, 5) is 7.19. The number of azide groups is 1. The monoisotopic (exact) mass is 369 g/mol. The Morgan fingerprint density at radius 3 is 1.73 bits per heavy atom. The average molecular weight is 367 g/mol. The molecule has 0 atom stereocenters. The van der Waals surface area contributed by atoms with Crippen molar-refractivity contribution in [2.75, 3.05) is 0 Å². The molecule has 0 saturated heterocycles. The standard InChI is InChI=1S/C4H9.2CH3.N3.2Sn/c1-4(2)3;;;1-3-2;;/h1-3H3;2*1H3;;;/q;;;-1;;+1. The average Bonchev–Trinajstić information content (AvgIpc) is 1.61. The third kappa shape index (κ3) is 4.47. The van der Waals surface area contributed by atoms with Crippen LogP contribution in [0.4, 0.5) is 0 Å². The van der Waals surface area contributed by atoms with Gasteiger partial charge in [-0.05, 0) is 0 Å². The molecule has 0 aromatic heterocycles. The number of hydrogen-bond acceptors (Lipinski definition) is 1. The van der Waals surface area contributed by atoms with Gasteiger partial charge in [0.1, 0.15) is 0 Å². The summed E-state index contributed by atoms with van der Waals surface area (Å²) in [6, 6.07) is 0. The van der Waals surface area contributed by atoms with Gasteiger partial charge >= 0.3 is 66.5 Å². The van der Waals surface area contributed by atoms with Crippen LogP contribution in [-0.2, 0) is 0 Å². The summed E-state index contributed by atoms with van der Waals surface area (Å²) in [5.74, 6) is 0. The van der Waals surface area contributed by atoms with Crippen LogP contribution < -0.4 is 0 Å². The van der Waals surface area contributed by atoms with E-state index >= 15 is 0 Å². The van der Waals surface area contributed by atoms with Crippen LogP contribution in [0.5, 0.6) is 0 Å². The first kappa shape index (κ1) is 14.4. The molecule has 0 unspecified atom stereocenters. The zero-order valence-corrected chi connectivity index (χ0v) is 13.5. The van der Waals surface area contributed by atoms with Gasteiger partial charge in [0.2, 0.25) is 0 Å². The molecular weight excluding hydrogens is 352 g/mol. The van der Waals surface area contributed by atoms with Crippen molar-refractivity contribution in [3.63, 3.8) is 0 Å². The molecule has 0 aliphatic rings. The Morgan fingerprint density at radius 2 is 1.64 bits per heavy atom. The first-order chi connectivity index (χ1) is 4.31. The van der Waals surface area contributed by atoms with Crippen LogP contribution in [0.3, 0.4) is 0 Å². The Hall–Kier alpha value is 0.907. The van der Waals surface area contributed by atoms with E-state index in [4.69, 9.17) is 5.53 Å². The van der Waals surface area contributed by atoms with E-state index in [0.29, 0.717) is 0 Å². The van der Waals surface area contributed by atoms with Gasteiger partial charge in [0.25, 0.3) is 0 Å². The SMILES string of the molecule is C[C](C)(C)[Sn]([CH3])([CH3])[N]=[N+]=[N-].[Sn]. The Kier molecular flexibility index (Phi) is 6.32. The van der Waals surface area contributed by atoms with E-state index < -0.39 is 18.7 Å². The van der Waals surface area contributed by atoms with Crippen molar-refractivity contribution in [1.82, 2.24) is 0 Å². The Balaban J connectivity index is 0. The maximum Gasteiger partial charge on any atom is 0 e. The maximum atomic E-state index is 8.28. The normalized spacial score (nSPS) is 11.4. The number of nitrogens with zero attached hydrogens (tertiary/aromatic N) is 3. The van der Waals surface area contributed by atoms with Gasteiger partial charge in [0, 0.05) is 23.9 Å². The fourth-order valence-electron chi connectivity index (χ4n) is 0.262. The quantitative estimate of drug-likeness (QED) is 0.296. The Morgan fingerprint density at radius 1 is 1.27 bits per heavy atom. The fraction of sp³-hybridized carbons (Fsp3) is 1.00. The van der Waals surface area contributed by atoms with E-state index in [-0.39, 0.29) is 27.3 Å². The molecule has 0 aromatic carbocycles. The van der Waals surface area contributed by atoms with Crippen LogP contribution in [-0.4, -0.2) is 42.6 Å². The molecular formula is C6H15N3Sn2. The zero-order chi connectivity index (χ0) is 8.41. The van der Waals surface area contributed by atoms with E-state index in [9.17, 15) is 0 Å². The van der Waals surface area contributed by atoms with Crippen molar-refractivity contribution in [1.29, 1.82) is 0 Å². The predicted octanol–water partition coefficient (Wildman–Crippen LogP) is 2.92. The third-order valence-electron chi connectivity index (χ3n) is 2.13. The molecule has 0 N–H and O–H groups in total. The van der Waals surface area contributed by atoms with Crippen molar-refractivity contribution in [2.45, 2.75) is 34.1 Å². The predicted molar refractivity (Wildman–Crippen MR) is 52.1 cm³/mol. The van der Waals surface area contributed by atoms with Gasteiger partial charge in [0.15, 0.2) is 0 Å². The Labute approximate surface area is 89.7 Å². The van der Waals surface area contributed by atoms with Crippen LogP contribution in [0.2, 0.25) is 13.3 Å². The van der Waals surface area contributed by atoms with Gasteiger partial charge in [0.05, 0.1) is 0 Å². The van der Waals surface area contributed by atoms with Crippen molar-refractivity contribution in [3.8, 4) is 0 Å². The first-order valence-electron chi connectivity index (χ1n) is 3.37. The van der Waals surface area contributed by atoms with Crippen LogP contribution in [0.15, 0.2) is 3.34 Å². The third-order valence-corrected chi connectivity index (χ3v) is 14.3. The van der Waals surface area contributed by atoms with E-state index in [1.54, 1.807) is 0 Å². The van der Waals surface area contributed by atoms with Crippen LogP contribution in [0.1, 0.15) is 20.8 Å². The molecule has 0 aliphatic carbocycles. The molecule has 0 saturated carbocycles. The molecule has 4 radical (unpaired) electrons. The fourth-order valence-corrected chi connectivity index (χ4v) is 1.76. The molecule has 5 heteroatoms. The second-order valence-electron chi connectivity index (χ2n) is 4.00. The van der Waals surface area contributed by atoms with E-state index in [1.807, 2.05) is 0 Å². The van der Waals surface area contributed by atoms with Gasteiger partial charge in [-0.25, -0.2) is 0 Å². The molecule has 0 bridgehead atoms. The van der Waals surface area contributed by atoms with Crippen LogP contribution >= 0.6 is 0 Å². The summed E-state index contributed by atoms with van der Waals surface area (Å²) in [5, 5.41) is 0. The molecule has 0 amide bonds. The summed E-state index contributed by atoms with van der Waals surface area (Å²) in [6.07, 6.45) is 0. The van der Waals surface area contributed by atoms with Crippen LogP contribution in [0, 0.1) is 0 Å². The molecule has 3 nitrogen and oxygen atoms in total. The van der Waals surface area contributed by atoms with E-state index in [0.717, 1.165) is 0 Å². The van der Waals surface area contributed by atoms with E-state index in [2.05, 4.69) is 38.9 Å². The Bertz CT molecular complexity index is 165. The summed E-state index contributed by atoms with van der Waals surface area (Å²) >= 11 is -2.41. The van der Waals surface area contributed by atoms with Gasteiger partial charge in [-0.15, -0.1) is 0 Å². The second kappa shape index (κ2) is 4.82. The molecule has 0 fully saturated rings. The smallest absolute Gasteiger partial charge is 0 e. The molecule has 0 spiro atoms. The van der Waals surface area contributed by atoms with Crippen molar-refractivity contribution in [2.24, 2.45) is 3.34 Å². The minimum absolute atomic E-state index is 0. The molecule has 0 rings (SSSR count). The van der Waals surface area contributed by atoms with Gasteiger partial charge < -0.3 is 0 Å². The summed E-state index contributed by atoms with van der Waals surface area (Å²) < 4.78 is 4.16. The molecule has 62 valence electrons. The second-order valence-corrected chi connectivity index (χ2v) is 17.7. The van der Waals surface area contributed by atoms with Gasteiger partial charge in [-0.2, -0.15) is 0 Å². The molecule has 11 heavy (non-hydrogen) atoms. The van der Waals surface area contributed by atoms with Crippen LogP contribution in [0.25, 0.3) is 10.4 Å². The zero-order valence-electron chi connectivity index (χ0n) is 7.84.